The van der Waals surface area contributed by atoms with Crippen molar-refractivity contribution < 1.29 is 14.3 Å². The van der Waals surface area contributed by atoms with Gasteiger partial charge in [-0.3, -0.25) is 9.69 Å². The van der Waals surface area contributed by atoms with Gasteiger partial charge in [-0.15, -0.1) is 0 Å². The van der Waals surface area contributed by atoms with Crippen molar-refractivity contribution in [2.75, 3.05) is 11.7 Å². The molecule has 6 rings (SSSR count). The number of thiocarbonyl (C=S) groups is 1. The normalized spacial score (nSPS) is 16.8. The summed E-state index contributed by atoms with van der Waals surface area (Å²) in [5.41, 5.74) is 1.71. The second-order valence-corrected chi connectivity index (χ2v) is 8.96. The average Bonchev–Trinajstić information content (AvgIpc) is 3.36. The van der Waals surface area contributed by atoms with Crippen molar-refractivity contribution in [2.45, 2.75) is 0 Å². The molecule has 1 fully saturated rings. The highest BCUT2D eigenvalue weighted by Gasteiger charge is 2.34. The van der Waals surface area contributed by atoms with E-state index in [-0.39, 0.29) is 12.7 Å². The molecule has 0 aromatic heterocycles. The minimum Gasteiger partial charge on any atom is -0.454 e. The number of carbonyl (C=O) groups excluding carboxylic acids is 1. The molecule has 31 heavy (non-hydrogen) atoms. The van der Waals surface area contributed by atoms with Crippen LogP contribution in [0.1, 0.15) is 5.56 Å². The maximum atomic E-state index is 13.4. The molecule has 4 aromatic rings. The smallest absolute Gasteiger partial charge is 0.270 e. The zero-order valence-electron chi connectivity index (χ0n) is 16.2. The highest BCUT2D eigenvalue weighted by molar-refractivity contribution is 8.27. The third-order valence-corrected chi connectivity index (χ3v) is 6.80. The van der Waals surface area contributed by atoms with E-state index in [9.17, 15) is 4.79 Å². The van der Waals surface area contributed by atoms with Crippen LogP contribution in [0.2, 0.25) is 0 Å². The molecule has 2 heterocycles. The number of nitrogens with zero attached hydrogens (tertiary/aromatic N) is 1. The van der Waals surface area contributed by atoms with Gasteiger partial charge >= 0.3 is 0 Å². The van der Waals surface area contributed by atoms with Crippen molar-refractivity contribution >= 4 is 67.5 Å². The lowest BCUT2D eigenvalue weighted by molar-refractivity contribution is -0.113. The summed E-state index contributed by atoms with van der Waals surface area (Å²) >= 11 is 6.89. The maximum Gasteiger partial charge on any atom is 0.270 e. The van der Waals surface area contributed by atoms with E-state index in [2.05, 4.69) is 30.3 Å². The summed E-state index contributed by atoms with van der Waals surface area (Å²) in [4.78, 5) is 15.5. The summed E-state index contributed by atoms with van der Waals surface area (Å²) in [6.45, 7) is 0.186. The topological polar surface area (TPSA) is 38.8 Å². The molecule has 0 spiro atoms. The van der Waals surface area contributed by atoms with Gasteiger partial charge in [0.2, 0.25) is 6.79 Å². The maximum absolute atomic E-state index is 13.4. The number of fused-ring (bicyclic) bond motifs is 3. The summed E-state index contributed by atoms with van der Waals surface area (Å²) in [5.74, 6) is 1.16. The highest BCUT2D eigenvalue weighted by Crippen LogP contribution is 2.41. The van der Waals surface area contributed by atoms with Gasteiger partial charge in [0.05, 0.1) is 10.6 Å². The monoisotopic (exact) mass is 441 g/mol. The molecular weight excluding hydrogens is 426 g/mol. The van der Waals surface area contributed by atoms with Gasteiger partial charge in [-0.2, -0.15) is 0 Å². The van der Waals surface area contributed by atoms with Crippen molar-refractivity contribution in [1.29, 1.82) is 0 Å². The Morgan fingerprint density at radius 1 is 0.871 bits per heavy atom. The third kappa shape index (κ3) is 2.99. The Kier molecular flexibility index (Phi) is 4.23. The molecule has 4 aromatic carbocycles. The molecule has 0 radical (unpaired) electrons. The molecule has 150 valence electrons. The number of anilines is 1. The van der Waals surface area contributed by atoms with E-state index >= 15 is 0 Å². The number of benzene rings is 4. The first-order valence-electron chi connectivity index (χ1n) is 9.77. The summed E-state index contributed by atoms with van der Waals surface area (Å²) in [6, 6.07) is 24.1. The Labute approximate surface area is 188 Å². The van der Waals surface area contributed by atoms with Crippen LogP contribution >= 0.6 is 24.0 Å². The van der Waals surface area contributed by atoms with E-state index in [4.69, 9.17) is 21.7 Å². The summed E-state index contributed by atoms with van der Waals surface area (Å²) in [5, 5.41) is 4.49. The molecule has 0 N–H and O–H groups in total. The summed E-state index contributed by atoms with van der Waals surface area (Å²) < 4.78 is 11.3. The molecule has 0 atom stereocenters. The van der Waals surface area contributed by atoms with Crippen LogP contribution < -0.4 is 14.4 Å². The van der Waals surface area contributed by atoms with Crippen molar-refractivity contribution in [3.63, 3.8) is 0 Å². The molecule has 1 amide bonds. The van der Waals surface area contributed by atoms with E-state index in [0.717, 1.165) is 27.1 Å². The van der Waals surface area contributed by atoms with Gasteiger partial charge in [0.1, 0.15) is 0 Å². The van der Waals surface area contributed by atoms with Crippen LogP contribution in [0, 0.1) is 0 Å². The Hall–Kier alpha value is -3.35. The first kappa shape index (κ1) is 18.4. The minimum absolute atomic E-state index is 0.133. The molecule has 0 bridgehead atoms. The van der Waals surface area contributed by atoms with E-state index in [1.807, 2.05) is 36.4 Å². The quantitative estimate of drug-likeness (QED) is 0.213. The van der Waals surface area contributed by atoms with Gasteiger partial charge in [-0.05, 0) is 51.4 Å². The first-order valence-corrected chi connectivity index (χ1v) is 11.0. The predicted molar refractivity (Wildman–Crippen MR) is 130 cm³/mol. The highest BCUT2D eigenvalue weighted by atomic mass is 32.2. The van der Waals surface area contributed by atoms with Crippen molar-refractivity contribution in [3.05, 3.63) is 83.3 Å². The molecule has 6 heteroatoms. The molecule has 0 saturated carbocycles. The van der Waals surface area contributed by atoms with Crippen LogP contribution in [0.3, 0.4) is 0 Å². The predicted octanol–water partition coefficient (Wildman–Crippen LogP) is 6.13. The summed E-state index contributed by atoms with van der Waals surface area (Å²) in [7, 11) is 0. The fraction of sp³-hybridized carbons (Fsp3) is 0.0400. The lowest BCUT2D eigenvalue weighted by Crippen LogP contribution is -2.27. The van der Waals surface area contributed by atoms with E-state index in [1.165, 1.54) is 11.8 Å². The summed E-state index contributed by atoms with van der Waals surface area (Å²) in [6.07, 6.45) is 1.97. The van der Waals surface area contributed by atoms with Gasteiger partial charge in [-0.1, -0.05) is 72.5 Å². The first-order chi connectivity index (χ1) is 15.2. The van der Waals surface area contributed by atoms with Crippen LogP contribution in [0.25, 0.3) is 27.6 Å². The Balaban J connectivity index is 1.48. The van der Waals surface area contributed by atoms with E-state index in [1.54, 1.807) is 17.0 Å². The number of hydrogen-bond acceptors (Lipinski definition) is 5. The minimum atomic E-state index is -0.133. The Morgan fingerprint density at radius 2 is 1.55 bits per heavy atom. The fourth-order valence-corrected chi connectivity index (χ4v) is 5.33. The lowest BCUT2D eigenvalue weighted by atomic mass is 9.96. The standard InChI is InChI=1S/C25H15NO3S2/c27-24-23(31-25(30)26(24)17-9-10-21-22(12-17)29-14-28-21)13-20-18-7-3-1-5-15(18)11-16-6-2-4-8-19(16)20/h1-13H,14H2/b23-13+. The number of carbonyl (C=O) groups is 1. The van der Waals surface area contributed by atoms with Crippen LogP contribution in [0.4, 0.5) is 5.69 Å². The van der Waals surface area contributed by atoms with Crippen molar-refractivity contribution in [3.8, 4) is 11.5 Å². The van der Waals surface area contributed by atoms with E-state index in [0.29, 0.717) is 26.4 Å². The number of hydrogen-bond donors (Lipinski definition) is 0. The molecule has 0 unspecified atom stereocenters. The average molecular weight is 442 g/mol. The zero-order chi connectivity index (χ0) is 20.9. The molecule has 2 aliphatic rings. The number of amides is 1. The van der Waals surface area contributed by atoms with Crippen LogP contribution in [0.15, 0.2) is 77.7 Å². The third-order valence-electron chi connectivity index (χ3n) is 5.50. The second kappa shape index (κ2) is 7.11. The fourth-order valence-electron chi connectivity index (χ4n) is 4.05. The lowest BCUT2D eigenvalue weighted by Gasteiger charge is -2.15. The molecule has 4 nitrogen and oxygen atoms in total. The zero-order valence-corrected chi connectivity index (χ0v) is 17.8. The number of ether oxygens (including phenoxy) is 2. The molecule has 1 saturated heterocycles. The van der Waals surface area contributed by atoms with E-state index < -0.39 is 0 Å². The van der Waals surface area contributed by atoms with Gasteiger partial charge in [0.25, 0.3) is 5.91 Å². The molecule has 2 aliphatic heterocycles. The van der Waals surface area contributed by atoms with Gasteiger partial charge in [0.15, 0.2) is 15.8 Å². The van der Waals surface area contributed by atoms with Crippen molar-refractivity contribution in [1.82, 2.24) is 0 Å². The Bertz CT molecular complexity index is 1390. The van der Waals surface area contributed by atoms with Crippen LogP contribution in [-0.4, -0.2) is 17.0 Å². The van der Waals surface area contributed by atoms with Gasteiger partial charge in [0, 0.05) is 6.07 Å². The van der Waals surface area contributed by atoms with Crippen molar-refractivity contribution in [2.24, 2.45) is 0 Å². The number of thioether (sulfide) groups is 1. The van der Waals surface area contributed by atoms with Crippen LogP contribution in [-0.2, 0) is 4.79 Å². The second-order valence-electron chi connectivity index (χ2n) is 7.29. The molecule has 0 aliphatic carbocycles. The van der Waals surface area contributed by atoms with Crippen LogP contribution in [0.5, 0.6) is 11.5 Å². The largest absolute Gasteiger partial charge is 0.454 e. The van der Waals surface area contributed by atoms with Gasteiger partial charge in [-0.25, -0.2) is 0 Å². The Morgan fingerprint density at radius 3 is 2.29 bits per heavy atom. The molecular formula is C25H15NO3S2. The number of rotatable bonds is 2. The van der Waals surface area contributed by atoms with Gasteiger partial charge < -0.3 is 9.47 Å². The SMILES string of the molecule is O=C1/C(=C\c2c3ccccc3cc3ccccc23)SC(=S)N1c1ccc2c(c1)OCO2.